The molecule has 0 spiro atoms. The van der Waals surface area contributed by atoms with Crippen molar-refractivity contribution in [1.82, 2.24) is 9.21 Å². The van der Waals surface area contributed by atoms with Crippen LogP contribution in [0.4, 0.5) is 5.00 Å². The van der Waals surface area contributed by atoms with E-state index in [1.807, 2.05) is 0 Å². The lowest BCUT2D eigenvalue weighted by Crippen LogP contribution is -2.42. The third kappa shape index (κ3) is 6.34. The number of esters is 2. The van der Waals surface area contributed by atoms with E-state index in [4.69, 9.17) is 9.47 Å². The number of benzene rings is 1. The molecule has 1 fully saturated rings. The molecule has 12 heteroatoms. The van der Waals surface area contributed by atoms with E-state index in [1.165, 1.54) is 39.9 Å². The van der Waals surface area contributed by atoms with Gasteiger partial charge in [0.25, 0.3) is 5.91 Å². The highest BCUT2D eigenvalue weighted by atomic mass is 32.2. The van der Waals surface area contributed by atoms with Crippen LogP contribution in [0.15, 0.2) is 29.2 Å². The van der Waals surface area contributed by atoms with Crippen LogP contribution in [-0.2, 0) is 37.3 Å². The lowest BCUT2D eigenvalue weighted by Gasteiger charge is -2.30. The molecule has 0 bridgehead atoms. The zero-order chi connectivity index (χ0) is 28.2. The molecular formula is C27H35N3O7S2. The van der Waals surface area contributed by atoms with Crippen LogP contribution in [0.25, 0.3) is 0 Å². The number of sulfonamides is 1. The first kappa shape index (κ1) is 29.2. The number of hydrogen-bond acceptors (Lipinski definition) is 9. The normalized spacial score (nSPS) is 18.3. The van der Waals surface area contributed by atoms with Gasteiger partial charge in [0.15, 0.2) is 0 Å². The van der Waals surface area contributed by atoms with Crippen molar-refractivity contribution < 1.29 is 32.3 Å². The van der Waals surface area contributed by atoms with Crippen LogP contribution in [0.5, 0.6) is 0 Å². The van der Waals surface area contributed by atoms with E-state index in [2.05, 4.69) is 17.1 Å². The lowest BCUT2D eigenvalue weighted by molar-refractivity contribution is -0.149. The van der Waals surface area contributed by atoms with E-state index in [1.54, 1.807) is 13.8 Å². The number of ether oxygens (including phenoxy) is 2. The Morgan fingerprint density at radius 2 is 1.77 bits per heavy atom. The summed E-state index contributed by atoms with van der Waals surface area (Å²) < 4.78 is 38.2. The highest BCUT2D eigenvalue weighted by molar-refractivity contribution is 7.89. The molecule has 2 aromatic rings. The molecule has 2 aliphatic rings. The highest BCUT2D eigenvalue weighted by Crippen LogP contribution is 2.38. The molecule has 39 heavy (non-hydrogen) atoms. The molecule has 1 unspecified atom stereocenters. The molecule has 10 nitrogen and oxygen atoms in total. The topological polar surface area (TPSA) is 122 Å². The fourth-order valence-corrected chi connectivity index (χ4v) is 7.75. The first-order chi connectivity index (χ1) is 18.7. The highest BCUT2D eigenvalue weighted by Gasteiger charge is 2.34. The fraction of sp³-hybridized carbons (Fsp3) is 0.519. The predicted octanol–water partition coefficient (Wildman–Crippen LogP) is 3.52. The Bertz CT molecular complexity index is 1320. The minimum atomic E-state index is -3.85. The third-order valence-electron chi connectivity index (χ3n) is 7.05. The molecule has 212 valence electrons. The summed E-state index contributed by atoms with van der Waals surface area (Å²) in [4.78, 5) is 41.4. The molecule has 1 N–H and O–H groups in total. The summed E-state index contributed by atoms with van der Waals surface area (Å²) in [6, 6.07) is 5.68. The minimum Gasteiger partial charge on any atom is -0.466 e. The Balaban J connectivity index is 1.51. The second-order valence-electron chi connectivity index (χ2n) is 9.48. The summed E-state index contributed by atoms with van der Waals surface area (Å²) >= 11 is 1.38. The van der Waals surface area contributed by atoms with Crippen LogP contribution in [0.1, 0.15) is 64.8 Å². The van der Waals surface area contributed by atoms with Crippen molar-refractivity contribution in [1.29, 1.82) is 0 Å². The number of nitrogens with one attached hydrogen (secondary N) is 1. The number of piperidine rings is 1. The quantitative estimate of drug-likeness (QED) is 0.450. The van der Waals surface area contributed by atoms with Gasteiger partial charge in [-0.3, -0.25) is 14.5 Å². The van der Waals surface area contributed by atoms with Gasteiger partial charge in [0.1, 0.15) is 5.00 Å². The smallest absolute Gasteiger partial charge is 0.341 e. The average Bonchev–Trinajstić information content (AvgIpc) is 3.30. The first-order valence-corrected chi connectivity index (χ1v) is 15.6. The molecule has 0 aliphatic carbocycles. The van der Waals surface area contributed by atoms with Gasteiger partial charge in [-0.2, -0.15) is 4.31 Å². The van der Waals surface area contributed by atoms with Gasteiger partial charge in [0.2, 0.25) is 10.0 Å². The molecular weight excluding hydrogens is 542 g/mol. The number of nitrogens with zero attached hydrogens (tertiary/aromatic N) is 2. The van der Waals surface area contributed by atoms with Crippen molar-refractivity contribution >= 4 is 44.2 Å². The summed E-state index contributed by atoms with van der Waals surface area (Å²) in [7, 11) is -3.85. The van der Waals surface area contributed by atoms with Crippen LogP contribution in [0.3, 0.4) is 0 Å². The summed E-state index contributed by atoms with van der Waals surface area (Å²) in [5, 5.41) is 3.30. The Labute approximate surface area is 233 Å². The fourth-order valence-electron chi connectivity index (χ4n) is 4.95. The molecule has 1 aromatic heterocycles. The largest absolute Gasteiger partial charge is 0.466 e. The number of anilines is 1. The van der Waals surface area contributed by atoms with Crippen molar-refractivity contribution in [3.05, 3.63) is 45.8 Å². The third-order valence-corrected chi connectivity index (χ3v) is 10.1. The van der Waals surface area contributed by atoms with Gasteiger partial charge in [-0.05, 0) is 69.5 Å². The van der Waals surface area contributed by atoms with E-state index in [0.29, 0.717) is 42.9 Å². The van der Waals surface area contributed by atoms with Crippen LogP contribution < -0.4 is 5.32 Å². The number of rotatable bonds is 9. The number of thiophene rings is 1. The van der Waals surface area contributed by atoms with Crippen LogP contribution in [0.2, 0.25) is 0 Å². The second kappa shape index (κ2) is 12.6. The maximum atomic E-state index is 13.2. The maximum Gasteiger partial charge on any atom is 0.341 e. The zero-order valence-electron chi connectivity index (χ0n) is 22.5. The Morgan fingerprint density at radius 3 is 2.44 bits per heavy atom. The molecule has 0 radical (unpaired) electrons. The second-order valence-corrected chi connectivity index (χ2v) is 12.5. The number of likely N-dealkylation sites (N-methyl/N-ethyl adjacent to an activating group) is 1. The van der Waals surface area contributed by atoms with Gasteiger partial charge in [-0.15, -0.1) is 11.3 Å². The molecule has 1 saturated heterocycles. The Kier molecular flexibility index (Phi) is 9.42. The van der Waals surface area contributed by atoms with Crippen molar-refractivity contribution in [2.45, 2.75) is 51.5 Å². The molecule has 0 saturated carbocycles. The molecule has 1 aromatic carbocycles. The van der Waals surface area contributed by atoms with E-state index < -0.39 is 27.8 Å². The van der Waals surface area contributed by atoms with E-state index in [0.717, 1.165) is 23.5 Å². The molecule has 1 amide bonds. The van der Waals surface area contributed by atoms with Crippen LogP contribution in [-0.4, -0.2) is 74.9 Å². The van der Waals surface area contributed by atoms with E-state index in [-0.39, 0.29) is 36.2 Å². The Morgan fingerprint density at radius 1 is 1.05 bits per heavy atom. The summed E-state index contributed by atoms with van der Waals surface area (Å²) in [6.07, 6.45) is 1.84. The summed E-state index contributed by atoms with van der Waals surface area (Å²) in [5.41, 5.74) is 1.58. The molecule has 3 heterocycles. The maximum absolute atomic E-state index is 13.2. The Hall–Kier alpha value is -2.80. The molecule has 1 atom stereocenters. The van der Waals surface area contributed by atoms with Crippen molar-refractivity contribution in [2.24, 2.45) is 5.92 Å². The van der Waals surface area contributed by atoms with Crippen molar-refractivity contribution in [3.8, 4) is 0 Å². The SMILES string of the molecule is CCOC(=O)c1c(NC(=O)c2ccc(S(=O)(=O)N3CCCC(C(=O)OCC)C3)cc2)sc2c1CCN(CC)C2. The van der Waals surface area contributed by atoms with Crippen LogP contribution >= 0.6 is 11.3 Å². The lowest BCUT2D eigenvalue weighted by atomic mass is 10.0. The monoisotopic (exact) mass is 577 g/mol. The first-order valence-electron chi connectivity index (χ1n) is 13.3. The molecule has 2 aliphatic heterocycles. The van der Waals surface area contributed by atoms with Crippen LogP contribution in [0, 0.1) is 5.92 Å². The van der Waals surface area contributed by atoms with Crippen molar-refractivity contribution in [2.75, 3.05) is 44.7 Å². The van der Waals surface area contributed by atoms with Gasteiger partial charge < -0.3 is 14.8 Å². The minimum absolute atomic E-state index is 0.0435. The van der Waals surface area contributed by atoms with Gasteiger partial charge in [-0.25, -0.2) is 13.2 Å². The number of carbonyl (C=O) groups is 3. The van der Waals surface area contributed by atoms with Gasteiger partial charge in [0.05, 0.1) is 29.6 Å². The van der Waals surface area contributed by atoms with Gasteiger partial charge in [-0.1, -0.05) is 6.92 Å². The number of amides is 1. The number of carbonyl (C=O) groups excluding carboxylic acids is 3. The van der Waals surface area contributed by atoms with E-state index in [9.17, 15) is 22.8 Å². The number of hydrogen-bond donors (Lipinski definition) is 1. The van der Waals surface area contributed by atoms with Crippen molar-refractivity contribution in [3.63, 3.8) is 0 Å². The number of fused-ring (bicyclic) bond motifs is 1. The predicted molar refractivity (Wildman–Crippen MR) is 147 cm³/mol. The van der Waals surface area contributed by atoms with Gasteiger partial charge >= 0.3 is 11.9 Å². The summed E-state index contributed by atoms with van der Waals surface area (Å²) in [5.74, 6) is -1.78. The molecule has 4 rings (SSSR count). The standard InChI is InChI=1S/C27H35N3O7S2/c1-4-29-15-13-21-22(17-29)38-25(23(21)27(33)37-6-3)28-24(31)18-9-11-20(12-10-18)39(34,35)30-14-7-8-19(16-30)26(32)36-5-2/h9-12,19H,4-8,13-17H2,1-3H3,(H,28,31). The van der Waals surface area contributed by atoms with E-state index >= 15 is 0 Å². The summed E-state index contributed by atoms with van der Waals surface area (Å²) in [6.45, 7) is 8.83. The zero-order valence-corrected chi connectivity index (χ0v) is 24.2. The average molecular weight is 578 g/mol. The van der Waals surface area contributed by atoms with Gasteiger partial charge in [0, 0.05) is 36.6 Å².